The van der Waals surface area contributed by atoms with Crippen molar-refractivity contribution in [3.8, 4) is 11.3 Å². The maximum atomic E-state index is 13.7. The third-order valence-corrected chi connectivity index (χ3v) is 5.36. The summed E-state index contributed by atoms with van der Waals surface area (Å²) in [7, 11) is 0. The highest BCUT2D eigenvalue weighted by Crippen LogP contribution is 2.32. The lowest BCUT2D eigenvalue weighted by Crippen LogP contribution is -2.12. The van der Waals surface area contributed by atoms with Gasteiger partial charge in [0.25, 0.3) is 0 Å². The highest BCUT2D eigenvalue weighted by atomic mass is 19.1. The van der Waals surface area contributed by atoms with E-state index < -0.39 is 0 Å². The highest BCUT2D eigenvalue weighted by Gasteiger charge is 2.17. The van der Waals surface area contributed by atoms with Gasteiger partial charge in [-0.25, -0.2) is 9.37 Å². The van der Waals surface area contributed by atoms with Gasteiger partial charge < -0.3 is 10.2 Å². The molecule has 1 saturated carbocycles. The van der Waals surface area contributed by atoms with Gasteiger partial charge in [0.1, 0.15) is 11.5 Å². The van der Waals surface area contributed by atoms with E-state index in [-0.39, 0.29) is 5.82 Å². The predicted octanol–water partition coefficient (Wildman–Crippen LogP) is 7.63. The van der Waals surface area contributed by atoms with Gasteiger partial charge in [-0.2, -0.15) is 0 Å². The van der Waals surface area contributed by atoms with Crippen molar-refractivity contribution in [2.75, 3.05) is 6.54 Å². The van der Waals surface area contributed by atoms with Crippen molar-refractivity contribution in [1.82, 2.24) is 4.98 Å². The number of nitrogens with zero attached hydrogens (tertiary/aromatic N) is 1. The Morgan fingerprint density at radius 2 is 1.83 bits per heavy atom. The van der Waals surface area contributed by atoms with E-state index in [0.717, 1.165) is 35.1 Å². The number of halogens is 1. The van der Waals surface area contributed by atoms with Crippen molar-refractivity contribution in [2.45, 2.75) is 80.6 Å². The lowest BCUT2D eigenvalue weighted by Gasteiger charge is -2.08. The van der Waals surface area contributed by atoms with Crippen molar-refractivity contribution in [2.24, 2.45) is 17.6 Å². The standard InChI is InChI=1S/C15H16FNO.C7H17N.C4H8/c1-8(2)14-15(18-11(5)17-14)12-7-13(16)10(4)6-9(12)3;1-3-5-7(4-2)6-8;1-4-2-3-4/h6-7H,1H2,2-5H3;7H,3-6,8H2,1-2H3;4H,2-3H2,1H3. The molecule has 3 nitrogen and oxygen atoms in total. The number of nitrogens with two attached hydrogens (primary N) is 1. The van der Waals surface area contributed by atoms with E-state index in [1.165, 1.54) is 38.2 Å². The molecule has 0 bridgehead atoms. The molecule has 1 aliphatic carbocycles. The smallest absolute Gasteiger partial charge is 0.192 e. The zero-order valence-electron chi connectivity index (χ0n) is 20.1. The van der Waals surface area contributed by atoms with E-state index in [1.54, 1.807) is 13.8 Å². The first kappa shape index (κ1) is 26.1. The molecule has 2 aromatic rings. The summed E-state index contributed by atoms with van der Waals surface area (Å²) in [5.41, 5.74) is 9.30. The molecular weight excluding hydrogens is 375 g/mol. The van der Waals surface area contributed by atoms with Gasteiger partial charge in [-0.05, 0) is 68.3 Å². The van der Waals surface area contributed by atoms with Crippen LogP contribution in [0.2, 0.25) is 0 Å². The number of hydrogen-bond acceptors (Lipinski definition) is 3. The fourth-order valence-corrected chi connectivity index (χ4v) is 3.03. The molecule has 2 N–H and O–H groups in total. The summed E-state index contributed by atoms with van der Waals surface area (Å²) >= 11 is 0. The monoisotopic (exact) mass is 416 g/mol. The minimum Gasteiger partial charge on any atom is -0.440 e. The predicted molar refractivity (Wildman–Crippen MR) is 127 cm³/mol. The first-order valence-electron chi connectivity index (χ1n) is 11.2. The van der Waals surface area contributed by atoms with E-state index in [1.807, 2.05) is 19.9 Å². The van der Waals surface area contributed by atoms with Gasteiger partial charge in [0.15, 0.2) is 11.7 Å². The van der Waals surface area contributed by atoms with E-state index in [0.29, 0.717) is 22.9 Å². The van der Waals surface area contributed by atoms with Crippen LogP contribution in [0.25, 0.3) is 16.9 Å². The summed E-state index contributed by atoms with van der Waals surface area (Å²) < 4.78 is 19.3. The van der Waals surface area contributed by atoms with E-state index >= 15 is 0 Å². The van der Waals surface area contributed by atoms with Crippen LogP contribution < -0.4 is 5.73 Å². The number of aryl methyl sites for hydroxylation is 3. The Bertz CT molecular complexity index is 802. The second kappa shape index (κ2) is 12.7. The summed E-state index contributed by atoms with van der Waals surface area (Å²) in [6.07, 6.45) is 6.78. The molecule has 0 radical (unpaired) electrons. The average molecular weight is 417 g/mol. The van der Waals surface area contributed by atoms with Crippen LogP contribution in [0.15, 0.2) is 23.1 Å². The Morgan fingerprint density at radius 1 is 1.23 bits per heavy atom. The van der Waals surface area contributed by atoms with Crippen LogP contribution in [0.1, 0.15) is 82.5 Å². The third-order valence-electron chi connectivity index (χ3n) is 5.36. The Balaban J connectivity index is 0.000000308. The minimum absolute atomic E-state index is 0.239. The number of hydrogen-bond donors (Lipinski definition) is 1. The molecule has 0 saturated heterocycles. The normalized spacial score (nSPS) is 13.6. The summed E-state index contributed by atoms with van der Waals surface area (Å²) in [6.45, 7) is 18.7. The quantitative estimate of drug-likeness (QED) is 0.526. The molecule has 3 rings (SSSR count). The van der Waals surface area contributed by atoms with E-state index in [4.69, 9.17) is 10.2 Å². The van der Waals surface area contributed by atoms with Gasteiger partial charge in [0.05, 0.1) is 0 Å². The van der Waals surface area contributed by atoms with Crippen LogP contribution in [-0.2, 0) is 0 Å². The third kappa shape index (κ3) is 8.43. The fraction of sp³-hybridized carbons (Fsp3) is 0.577. The maximum Gasteiger partial charge on any atom is 0.192 e. The van der Waals surface area contributed by atoms with Crippen LogP contribution in [-0.4, -0.2) is 11.5 Å². The lowest BCUT2D eigenvalue weighted by atomic mass is 10.0. The summed E-state index contributed by atoms with van der Waals surface area (Å²) in [5.74, 6) is 2.78. The first-order chi connectivity index (χ1) is 14.1. The van der Waals surface area contributed by atoms with Gasteiger partial charge in [0, 0.05) is 12.5 Å². The van der Waals surface area contributed by atoms with Gasteiger partial charge in [0.2, 0.25) is 0 Å². The molecule has 1 aromatic carbocycles. The van der Waals surface area contributed by atoms with E-state index in [9.17, 15) is 4.39 Å². The zero-order chi connectivity index (χ0) is 22.8. The van der Waals surface area contributed by atoms with Crippen LogP contribution in [0.3, 0.4) is 0 Å². The first-order valence-corrected chi connectivity index (χ1v) is 11.2. The average Bonchev–Trinajstić information content (AvgIpc) is 3.38. The number of aromatic nitrogens is 1. The summed E-state index contributed by atoms with van der Waals surface area (Å²) in [4.78, 5) is 4.29. The van der Waals surface area contributed by atoms with Gasteiger partial charge in [-0.3, -0.25) is 0 Å². The van der Waals surface area contributed by atoms with Crippen LogP contribution >= 0.6 is 0 Å². The van der Waals surface area contributed by atoms with Gasteiger partial charge >= 0.3 is 0 Å². The Morgan fingerprint density at radius 3 is 2.23 bits per heavy atom. The van der Waals surface area contributed by atoms with Crippen molar-refractivity contribution < 1.29 is 8.81 Å². The summed E-state index contributed by atoms with van der Waals surface area (Å²) in [6, 6.07) is 3.31. The maximum absolute atomic E-state index is 13.7. The van der Waals surface area contributed by atoms with Crippen LogP contribution in [0.4, 0.5) is 4.39 Å². The van der Waals surface area contributed by atoms with Crippen molar-refractivity contribution >= 4 is 5.57 Å². The molecule has 1 fully saturated rings. The molecule has 1 unspecified atom stereocenters. The molecule has 1 aliphatic rings. The lowest BCUT2D eigenvalue weighted by molar-refractivity contribution is 0.475. The Hall–Kier alpha value is -1.94. The van der Waals surface area contributed by atoms with Crippen LogP contribution in [0, 0.1) is 38.4 Å². The molecule has 1 heterocycles. The van der Waals surface area contributed by atoms with Crippen molar-refractivity contribution in [1.29, 1.82) is 0 Å². The molecular formula is C26H41FN2O. The highest BCUT2D eigenvalue weighted by molar-refractivity contribution is 5.75. The molecule has 0 aliphatic heterocycles. The number of benzene rings is 1. The molecule has 4 heteroatoms. The number of rotatable bonds is 6. The SMILES string of the molecule is C=C(C)c1nc(C)oc1-c1cc(F)c(C)cc1C.CC1CC1.CCCC(CC)CN. The van der Waals surface area contributed by atoms with Crippen LogP contribution in [0.5, 0.6) is 0 Å². The van der Waals surface area contributed by atoms with Crippen molar-refractivity contribution in [3.63, 3.8) is 0 Å². The molecule has 1 atom stereocenters. The second-order valence-electron chi connectivity index (χ2n) is 8.59. The minimum atomic E-state index is -0.239. The zero-order valence-corrected chi connectivity index (χ0v) is 20.1. The fourth-order valence-electron chi connectivity index (χ4n) is 3.03. The molecule has 0 spiro atoms. The summed E-state index contributed by atoms with van der Waals surface area (Å²) in [5, 5.41) is 0. The number of allylic oxidation sites excluding steroid dienone is 1. The number of oxazole rings is 1. The van der Waals surface area contributed by atoms with E-state index in [2.05, 4.69) is 32.3 Å². The Kier molecular flexibility index (Phi) is 11.0. The van der Waals surface area contributed by atoms with Gasteiger partial charge in [-0.15, -0.1) is 0 Å². The molecule has 0 amide bonds. The second-order valence-corrected chi connectivity index (χ2v) is 8.59. The van der Waals surface area contributed by atoms with Crippen molar-refractivity contribution in [3.05, 3.63) is 47.2 Å². The molecule has 168 valence electrons. The molecule has 1 aromatic heterocycles. The topological polar surface area (TPSA) is 52.0 Å². The van der Waals surface area contributed by atoms with Gasteiger partial charge in [-0.1, -0.05) is 59.1 Å². The largest absolute Gasteiger partial charge is 0.440 e. The Labute approximate surface area is 183 Å². The molecule has 30 heavy (non-hydrogen) atoms.